The number of anilines is 2. The molecule has 0 saturated carbocycles. The SMILES string of the molecule is CN(C)c1ccc(NCC(C)(C)C)cn1. The Hall–Kier alpha value is -1.25. The lowest BCUT2D eigenvalue weighted by molar-refractivity contribution is 0.443. The summed E-state index contributed by atoms with van der Waals surface area (Å²) in [5.41, 5.74) is 1.37. The van der Waals surface area contributed by atoms with E-state index in [4.69, 9.17) is 0 Å². The fourth-order valence-corrected chi connectivity index (χ4v) is 1.12. The van der Waals surface area contributed by atoms with Crippen LogP contribution in [-0.4, -0.2) is 25.6 Å². The molecular formula is C12H21N3. The predicted octanol–water partition coefficient (Wildman–Crippen LogP) is 2.61. The molecule has 0 atom stereocenters. The molecule has 0 radical (unpaired) electrons. The second-order valence-corrected chi connectivity index (χ2v) is 5.21. The van der Waals surface area contributed by atoms with E-state index in [2.05, 4.69) is 37.1 Å². The molecule has 0 aromatic carbocycles. The van der Waals surface area contributed by atoms with Crippen molar-refractivity contribution in [2.24, 2.45) is 5.41 Å². The van der Waals surface area contributed by atoms with Crippen LogP contribution in [-0.2, 0) is 0 Å². The number of nitrogens with zero attached hydrogens (tertiary/aromatic N) is 2. The van der Waals surface area contributed by atoms with Crippen LogP contribution in [0.5, 0.6) is 0 Å². The molecular weight excluding hydrogens is 186 g/mol. The van der Waals surface area contributed by atoms with Crippen molar-refractivity contribution >= 4 is 11.5 Å². The first-order chi connectivity index (χ1) is 6.88. The van der Waals surface area contributed by atoms with Crippen molar-refractivity contribution in [2.45, 2.75) is 20.8 Å². The Bertz CT molecular complexity index is 296. The van der Waals surface area contributed by atoms with Crippen molar-refractivity contribution in [1.82, 2.24) is 4.98 Å². The van der Waals surface area contributed by atoms with Crippen LogP contribution in [0.25, 0.3) is 0 Å². The molecule has 0 aliphatic carbocycles. The zero-order valence-corrected chi connectivity index (χ0v) is 10.3. The summed E-state index contributed by atoms with van der Waals surface area (Å²) < 4.78 is 0. The van der Waals surface area contributed by atoms with Crippen LogP contribution in [0.3, 0.4) is 0 Å². The number of hydrogen-bond donors (Lipinski definition) is 1. The highest BCUT2D eigenvalue weighted by molar-refractivity contribution is 5.47. The highest BCUT2D eigenvalue weighted by atomic mass is 15.1. The fraction of sp³-hybridized carbons (Fsp3) is 0.583. The van der Waals surface area contributed by atoms with Gasteiger partial charge in [-0.1, -0.05) is 20.8 Å². The van der Waals surface area contributed by atoms with E-state index in [1.54, 1.807) is 0 Å². The first-order valence-corrected chi connectivity index (χ1v) is 5.26. The van der Waals surface area contributed by atoms with E-state index in [1.807, 2.05) is 31.3 Å². The summed E-state index contributed by atoms with van der Waals surface area (Å²) in [4.78, 5) is 6.34. The van der Waals surface area contributed by atoms with Gasteiger partial charge < -0.3 is 10.2 Å². The van der Waals surface area contributed by atoms with Crippen molar-refractivity contribution in [1.29, 1.82) is 0 Å². The van der Waals surface area contributed by atoms with Crippen LogP contribution in [0, 0.1) is 5.41 Å². The summed E-state index contributed by atoms with van der Waals surface area (Å²) in [6, 6.07) is 4.08. The first-order valence-electron chi connectivity index (χ1n) is 5.26. The lowest BCUT2D eigenvalue weighted by Gasteiger charge is -2.19. The van der Waals surface area contributed by atoms with Crippen LogP contribution in [0.4, 0.5) is 11.5 Å². The van der Waals surface area contributed by atoms with E-state index in [0.717, 1.165) is 18.1 Å². The van der Waals surface area contributed by atoms with Gasteiger partial charge in [0.2, 0.25) is 0 Å². The summed E-state index contributed by atoms with van der Waals surface area (Å²) in [6.07, 6.45) is 1.88. The maximum Gasteiger partial charge on any atom is 0.128 e. The highest BCUT2D eigenvalue weighted by Crippen LogP contribution is 2.16. The van der Waals surface area contributed by atoms with Crippen molar-refractivity contribution in [3.63, 3.8) is 0 Å². The van der Waals surface area contributed by atoms with E-state index >= 15 is 0 Å². The molecule has 0 saturated heterocycles. The average Bonchev–Trinajstić information content (AvgIpc) is 2.14. The van der Waals surface area contributed by atoms with Gasteiger partial charge in [-0.15, -0.1) is 0 Å². The van der Waals surface area contributed by atoms with Gasteiger partial charge in [-0.05, 0) is 17.5 Å². The minimum absolute atomic E-state index is 0.292. The first kappa shape index (κ1) is 11.8. The summed E-state index contributed by atoms with van der Waals surface area (Å²) >= 11 is 0. The summed E-state index contributed by atoms with van der Waals surface area (Å²) in [7, 11) is 3.98. The monoisotopic (exact) mass is 207 g/mol. The van der Waals surface area contributed by atoms with Gasteiger partial charge in [0, 0.05) is 20.6 Å². The molecule has 0 amide bonds. The Labute approximate surface area is 92.5 Å². The van der Waals surface area contributed by atoms with Gasteiger partial charge in [0.1, 0.15) is 5.82 Å². The molecule has 1 heterocycles. The van der Waals surface area contributed by atoms with E-state index in [9.17, 15) is 0 Å². The third-order valence-electron chi connectivity index (χ3n) is 2.03. The molecule has 3 nitrogen and oxygen atoms in total. The van der Waals surface area contributed by atoms with E-state index in [1.165, 1.54) is 0 Å². The van der Waals surface area contributed by atoms with Crippen molar-refractivity contribution in [3.8, 4) is 0 Å². The van der Waals surface area contributed by atoms with Gasteiger partial charge in [0.15, 0.2) is 0 Å². The van der Waals surface area contributed by atoms with E-state index in [0.29, 0.717) is 5.41 Å². The molecule has 1 aromatic rings. The van der Waals surface area contributed by atoms with Gasteiger partial charge in [-0.25, -0.2) is 4.98 Å². The number of pyridine rings is 1. The average molecular weight is 207 g/mol. The molecule has 0 fully saturated rings. The molecule has 84 valence electrons. The third kappa shape index (κ3) is 4.19. The Morgan fingerprint density at radius 2 is 1.93 bits per heavy atom. The molecule has 0 bridgehead atoms. The molecule has 15 heavy (non-hydrogen) atoms. The van der Waals surface area contributed by atoms with E-state index < -0.39 is 0 Å². The van der Waals surface area contributed by atoms with Crippen LogP contribution < -0.4 is 10.2 Å². The summed E-state index contributed by atoms with van der Waals surface area (Å²) in [5, 5.41) is 3.37. The predicted molar refractivity (Wildman–Crippen MR) is 66.5 cm³/mol. The van der Waals surface area contributed by atoms with Gasteiger partial charge in [0.05, 0.1) is 11.9 Å². The third-order valence-corrected chi connectivity index (χ3v) is 2.03. The maximum absolute atomic E-state index is 4.34. The quantitative estimate of drug-likeness (QED) is 0.825. The number of hydrogen-bond acceptors (Lipinski definition) is 3. The van der Waals surface area contributed by atoms with Gasteiger partial charge in [-0.2, -0.15) is 0 Å². The van der Waals surface area contributed by atoms with Crippen molar-refractivity contribution < 1.29 is 0 Å². The molecule has 0 aliphatic heterocycles. The van der Waals surface area contributed by atoms with Crippen molar-refractivity contribution in [2.75, 3.05) is 30.9 Å². The van der Waals surface area contributed by atoms with E-state index in [-0.39, 0.29) is 0 Å². The Kier molecular flexibility index (Phi) is 3.56. The van der Waals surface area contributed by atoms with Crippen molar-refractivity contribution in [3.05, 3.63) is 18.3 Å². The van der Waals surface area contributed by atoms with Gasteiger partial charge >= 0.3 is 0 Å². The van der Waals surface area contributed by atoms with Crippen LogP contribution in [0.15, 0.2) is 18.3 Å². The lowest BCUT2D eigenvalue weighted by Crippen LogP contribution is -2.19. The Balaban J connectivity index is 2.57. The van der Waals surface area contributed by atoms with Crippen LogP contribution in [0.1, 0.15) is 20.8 Å². The van der Waals surface area contributed by atoms with Crippen LogP contribution in [0.2, 0.25) is 0 Å². The zero-order valence-electron chi connectivity index (χ0n) is 10.3. The van der Waals surface area contributed by atoms with Gasteiger partial charge in [-0.3, -0.25) is 0 Å². The second-order valence-electron chi connectivity index (χ2n) is 5.21. The molecule has 1 N–H and O–H groups in total. The second kappa shape index (κ2) is 4.51. The molecule has 3 heteroatoms. The topological polar surface area (TPSA) is 28.2 Å². The smallest absolute Gasteiger partial charge is 0.128 e. The van der Waals surface area contributed by atoms with Crippen LogP contribution >= 0.6 is 0 Å². The Morgan fingerprint density at radius 1 is 1.27 bits per heavy atom. The molecule has 0 spiro atoms. The standard InChI is InChI=1S/C12H21N3/c1-12(2,3)9-14-10-6-7-11(13-8-10)15(4)5/h6-8,14H,9H2,1-5H3. The fourth-order valence-electron chi connectivity index (χ4n) is 1.12. The normalized spacial score (nSPS) is 11.3. The minimum Gasteiger partial charge on any atom is -0.383 e. The highest BCUT2D eigenvalue weighted by Gasteiger charge is 2.09. The number of nitrogens with one attached hydrogen (secondary N) is 1. The zero-order chi connectivity index (χ0) is 11.5. The number of rotatable bonds is 3. The molecule has 1 rings (SSSR count). The molecule has 0 unspecified atom stereocenters. The summed E-state index contributed by atoms with van der Waals surface area (Å²) in [5.74, 6) is 0.983. The summed E-state index contributed by atoms with van der Waals surface area (Å²) in [6.45, 7) is 7.58. The minimum atomic E-state index is 0.292. The maximum atomic E-state index is 4.34. The largest absolute Gasteiger partial charge is 0.383 e. The Morgan fingerprint density at radius 3 is 2.33 bits per heavy atom. The molecule has 0 aliphatic rings. The lowest BCUT2D eigenvalue weighted by atomic mass is 9.97. The molecule has 1 aromatic heterocycles. The van der Waals surface area contributed by atoms with Gasteiger partial charge in [0.25, 0.3) is 0 Å². The number of aromatic nitrogens is 1.